The van der Waals surface area contributed by atoms with E-state index in [1.54, 1.807) is 24.3 Å². The smallest absolute Gasteiger partial charge is 0.210 e. The second-order valence-electron chi connectivity index (χ2n) is 3.53. The highest BCUT2D eigenvalue weighted by Gasteiger charge is 2.26. The Kier molecular flexibility index (Phi) is 2.97. The third kappa shape index (κ3) is 2.09. The molecule has 1 aromatic carbocycles. The van der Waals surface area contributed by atoms with E-state index in [0.29, 0.717) is 17.7 Å². The second kappa shape index (κ2) is 4.58. The molecule has 2 rings (SSSR count). The molecule has 4 nitrogen and oxygen atoms in total. The summed E-state index contributed by atoms with van der Waals surface area (Å²) in [6, 6.07) is 10.9. The lowest BCUT2D eigenvalue weighted by molar-refractivity contribution is 0.0889. The van der Waals surface area contributed by atoms with Crippen LogP contribution < -0.4 is 0 Å². The molecule has 1 aliphatic rings. The van der Waals surface area contributed by atoms with E-state index < -0.39 is 0 Å². The van der Waals surface area contributed by atoms with Crippen LogP contribution in [0.4, 0.5) is 0 Å². The van der Waals surface area contributed by atoms with E-state index in [-0.39, 0.29) is 18.3 Å². The van der Waals surface area contributed by atoms with Crippen LogP contribution in [-0.4, -0.2) is 17.6 Å². The second-order valence-corrected chi connectivity index (χ2v) is 3.53. The lowest BCUT2D eigenvalue weighted by Crippen LogP contribution is -2.15. The van der Waals surface area contributed by atoms with Crippen molar-refractivity contribution in [2.24, 2.45) is 5.16 Å². The topological polar surface area (TPSA) is 62.5 Å². The van der Waals surface area contributed by atoms with Gasteiger partial charge in [0.25, 0.3) is 0 Å². The Hall–Kier alpha value is -2.15. The molecule has 0 fully saturated rings. The monoisotopic (exact) mass is 214 g/mol. The van der Waals surface area contributed by atoms with Gasteiger partial charge in [0.2, 0.25) is 5.78 Å². The van der Waals surface area contributed by atoms with Gasteiger partial charge in [0.1, 0.15) is 11.8 Å². The summed E-state index contributed by atoms with van der Waals surface area (Å²) < 4.78 is 0. The van der Waals surface area contributed by atoms with Gasteiger partial charge < -0.3 is 4.84 Å². The van der Waals surface area contributed by atoms with Crippen LogP contribution in [0.2, 0.25) is 0 Å². The molecule has 0 aromatic heterocycles. The van der Waals surface area contributed by atoms with Crippen LogP contribution in [0.5, 0.6) is 0 Å². The standard InChI is InChI=1S/C12H10N2O2/c13-7-6-10-8-11(14-16-10)12(15)9-4-2-1-3-5-9/h1-5,10H,6,8H2. The maximum atomic E-state index is 11.9. The average molecular weight is 214 g/mol. The molecule has 4 heteroatoms. The van der Waals surface area contributed by atoms with Crippen LogP contribution in [-0.2, 0) is 4.84 Å². The number of hydrogen-bond acceptors (Lipinski definition) is 4. The number of Topliss-reactive ketones (excluding diaryl/α,β-unsaturated/α-hetero) is 1. The van der Waals surface area contributed by atoms with Gasteiger partial charge in [-0.3, -0.25) is 4.79 Å². The number of carbonyl (C=O) groups excluding carboxylic acids is 1. The van der Waals surface area contributed by atoms with Crippen molar-refractivity contribution in [2.75, 3.05) is 0 Å². The third-order valence-corrected chi connectivity index (χ3v) is 2.35. The summed E-state index contributed by atoms with van der Waals surface area (Å²) >= 11 is 0. The van der Waals surface area contributed by atoms with E-state index in [1.165, 1.54) is 0 Å². The molecular weight excluding hydrogens is 204 g/mol. The van der Waals surface area contributed by atoms with E-state index in [1.807, 2.05) is 12.1 Å². The van der Waals surface area contributed by atoms with Gasteiger partial charge in [-0.2, -0.15) is 5.26 Å². The van der Waals surface area contributed by atoms with Crippen molar-refractivity contribution in [1.82, 2.24) is 0 Å². The summed E-state index contributed by atoms with van der Waals surface area (Å²) in [4.78, 5) is 16.9. The van der Waals surface area contributed by atoms with Crippen LogP contribution in [0.25, 0.3) is 0 Å². The van der Waals surface area contributed by atoms with Gasteiger partial charge in [0, 0.05) is 12.0 Å². The number of nitriles is 1. The van der Waals surface area contributed by atoms with Gasteiger partial charge in [-0.1, -0.05) is 35.5 Å². The van der Waals surface area contributed by atoms with E-state index >= 15 is 0 Å². The SMILES string of the molecule is N#CCC1CC(C(=O)c2ccccc2)=NO1. The normalized spacial score (nSPS) is 18.4. The van der Waals surface area contributed by atoms with Crippen molar-refractivity contribution in [3.8, 4) is 6.07 Å². The van der Waals surface area contributed by atoms with Crippen LogP contribution in [0, 0.1) is 11.3 Å². The Balaban J connectivity index is 2.06. The predicted octanol–water partition coefficient (Wildman–Crippen LogP) is 1.93. The molecule has 0 saturated heterocycles. The molecule has 0 aliphatic carbocycles. The van der Waals surface area contributed by atoms with Crippen molar-refractivity contribution >= 4 is 11.5 Å². The molecule has 0 amide bonds. The minimum Gasteiger partial charge on any atom is -0.391 e. The van der Waals surface area contributed by atoms with Crippen molar-refractivity contribution in [3.05, 3.63) is 35.9 Å². The quantitative estimate of drug-likeness (QED) is 0.722. The Bertz CT molecular complexity index is 460. The van der Waals surface area contributed by atoms with Crippen LogP contribution in [0.1, 0.15) is 23.2 Å². The average Bonchev–Trinajstić information content (AvgIpc) is 2.78. The molecule has 0 N–H and O–H groups in total. The summed E-state index contributed by atoms with van der Waals surface area (Å²) in [6.07, 6.45) is 0.406. The van der Waals surface area contributed by atoms with Gasteiger partial charge in [-0.15, -0.1) is 0 Å². The lowest BCUT2D eigenvalue weighted by Gasteiger charge is -2.00. The van der Waals surface area contributed by atoms with Gasteiger partial charge in [0.15, 0.2) is 0 Å². The molecule has 1 heterocycles. The van der Waals surface area contributed by atoms with Crippen LogP contribution >= 0.6 is 0 Å². The van der Waals surface area contributed by atoms with Crippen LogP contribution in [0.3, 0.4) is 0 Å². The number of ketones is 1. The van der Waals surface area contributed by atoms with Crippen LogP contribution in [0.15, 0.2) is 35.5 Å². The number of hydrogen-bond donors (Lipinski definition) is 0. The summed E-state index contributed by atoms with van der Waals surface area (Å²) in [5, 5.41) is 12.2. The number of oxime groups is 1. The number of nitrogens with zero attached hydrogens (tertiary/aromatic N) is 2. The van der Waals surface area contributed by atoms with Crippen molar-refractivity contribution in [1.29, 1.82) is 5.26 Å². The minimum absolute atomic E-state index is 0.124. The maximum absolute atomic E-state index is 11.9. The Morgan fingerprint density at radius 2 is 2.25 bits per heavy atom. The molecule has 80 valence electrons. The highest BCUT2D eigenvalue weighted by molar-refractivity contribution is 6.46. The zero-order chi connectivity index (χ0) is 11.4. The molecular formula is C12H10N2O2. The van der Waals surface area contributed by atoms with Gasteiger partial charge in [0.05, 0.1) is 12.5 Å². The fraction of sp³-hybridized carbons (Fsp3) is 0.250. The van der Waals surface area contributed by atoms with E-state index in [2.05, 4.69) is 5.16 Å². The highest BCUT2D eigenvalue weighted by Crippen LogP contribution is 2.16. The molecule has 0 radical (unpaired) electrons. The number of carbonyl (C=O) groups is 1. The summed E-state index contributed by atoms with van der Waals surface area (Å²) in [6.45, 7) is 0. The molecule has 1 unspecified atom stereocenters. The van der Waals surface area contributed by atoms with Crippen molar-refractivity contribution in [2.45, 2.75) is 18.9 Å². The zero-order valence-electron chi connectivity index (χ0n) is 8.59. The van der Waals surface area contributed by atoms with E-state index in [4.69, 9.17) is 10.1 Å². The zero-order valence-corrected chi connectivity index (χ0v) is 8.59. The first-order chi connectivity index (χ1) is 7.81. The largest absolute Gasteiger partial charge is 0.391 e. The summed E-state index contributed by atoms with van der Waals surface area (Å²) in [7, 11) is 0. The first-order valence-corrected chi connectivity index (χ1v) is 5.00. The summed E-state index contributed by atoms with van der Waals surface area (Å²) in [5.74, 6) is -0.124. The van der Waals surface area contributed by atoms with Gasteiger partial charge >= 0.3 is 0 Å². The molecule has 0 spiro atoms. The predicted molar refractivity (Wildman–Crippen MR) is 57.9 cm³/mol. The van der Waals surface area contributed by atoms with Gasteiger partial charge in [-0.05, 0) is 0 Å². The molecule has 0 bridgehead atoms. The van der Waals surface area contributed by atoms with Crippen molar-refractivity contribution in [3.63, 3.8) is 0 Å². The first kappa shape index (κ1) is 10.4. The van der Waals surface area contributed by atoms with Gasteiger partial charge in [-0.25, -0.2) is 0 Å². The first-order valence-electron chi connectivity index (χ1n) is 5.00. The Morgan fingerprint density at radius 3 is 2.94 bits per heavy atom. The van der Waals surface area contributed by atoms with Crippen molar-refractivity contribution < 1.29 is 9.63 Å². The molecule has 1 aromatic rings. The molecule has 1 aliphatic heterocycles. The number of rotatable bonds is 3. The Morgan fingerprint density at radius 1 is 1.50 bits per heavy atom. The minimum atomic E-state index is -0.271. The fourth-order valence-corrected chi connectivity index (χ4v) is 1.53. The number of benzene rings is 1. The Labute approximate surface area is 93.1 Å². The van der Waals surface area contributed by atoms with E-state index in [0.717, 1.165) is 0 Å². The molecule has 1 atom stereocenters. The third-order valence-electron chi connectivity index (χ3n) is 2.35. The molecule has 0 saturated carbocycles. The lowest BCUT2D eigenvalue weighted by atomic mass is 10.0. The molecule has 16 heavy (non-hydrogen) atoms. The maximum Gasteiger partial charge on any atom is 0.210 e. The summed E-state index contributed by atoms with van der Waals surface area (Å²) in [5.41, 5.74) is 0.994. The highest BCUT2D eigenvalue weighted by atomic mass is 16.6. The van der Waals surface area contributed by atoms with E-state index in [9.17, 15) is 4.79 Å². The fourth-order valence-electron chi connectivity index (χ4n) is 1.53.